The first kappa shape index (κ1) is 17.6. The van der Waals surface area contributed by atoms with Gasteiger partial charge in [-0.3, -0.25) is 0 Å². The van der Waals surface area contributed by atoms with Gasteiger partial charge in [0.15, 0.2) is 0 Å². The van der Waals surface area contributed by atoms with E-state index in [1.807, 2.05) is 26.2 Å². The molecule has 0 aliphatic carbocycles. The van der Waals surface area contributed by atoms with E-state index in [1.54, 1.807) is 7.05 Å². The maximum absolute atomic E-state index is 12.8. The van der Waals surface area contributed by atoms with Gasteiger partial charge in [0, 0.05) is 24.5 Å². The Labute approximate surface area is 127 Å². The molecule has 4 nitrogen and oxygen atoms in total. The summed E-state index contributed by atoms with van der Waals surface area (Å²) in [6, 6.07) is 0.0243. The van der Waals surface area contributed by atoms with Crippen molar-refractivity contribution < 1.29 is 8.42 Å². The van der Waals surface area contributed by atoms with E-state index in [9.17, 15) is 8.42 Å². The Hall–Kier alpha value is -0.430. The molecule has 1 aromatic rings. The Morgan fingerprint density at radius 1 is 1.40 bits per heavy atom. The van der Waals surface area contributed by atoms with Crippen molar-refractivity contribution in [2.45, 2.75) is 58.0 Å². The lowest BCUT2D eigenvalue weighted by molar-refractivity contribution is 0.368. The number of nitrogens with zero attached hydrogens (tertiary/aromatic N) is 1. The van der Waals surface area contributed by atoms with E-state index < -0.39 is 10.0 Å². The van der Waals surface area contributed by atoms with Crippen LogP contribution in [0.2, 0.25) is 0 Å². The van der Waals surface area contributed by atoms with Crippen LogP contribution in [-0.4, -0.2) is 32.4 Å². The van der Waals surface area contributed by atoms with Gasteiger partial charge in [0.1, 0.15) is 4.90 Å². The van der Waals surface area contributed by atoms with Gasteiger partial charge in [-0.25, -0.2) is 8.42 Å². The van der Waals surface area contributed by atoms with Gasteiger partial charge in [-0.1, -0.05) is 20.3 Å². The third-order valence-corrected chi connectivity index (χ3v) is 6.93. The molecular weight excluding hydrogens is 292 g/mol. The van der Waals surface area contributed by atoms with Gasteiger partial charge in [-0.15, -0.1) is 11.3 Å². The molecule has 1 atom stereocenters. The van der Waals surface area contributed by atoms with E-state index in [4.69, 9.17) is 0 Å². The Kier molecular flexibility index (Phi) is 6.64. The highest BCUT2D eigenvalue weighted by atomic mass is 32.2. The van der Waals surface area contributed by atoms with Crippen molar-refractivity contribution in [2.24, 2.45) is 0 Å². The fourth-order valence-electron chi connectivity index (χ4n) is 2.17. The Morgan fingerprint density at radius 2 is 2.05 bits per heavy atom. The quantitative estimate of drug-likeness (QED) is 0.801. The number of sulfonamides is 1. The largest absolute Gasteiger partial charge is 0.312 e. The summed E-state index contributed by atoms with van der Waals surface area (Å²) < 4.78 is 27.2. The summed E-state index contributed by atoms with van der Waals surface area (Å²) in [5.41, 5.74) is 0.846. The van der Waals surface area contributed by atoms with Crippen molar-refractivity contribution in [1.82, 2.24) is 9.62 Å². The van der Waals surface area contributed by atoms with Crippen LogP contribution >= 0.6 is 11.3 Å². The number of nitrogens with one attached hydrogen (secondary N) is 1. The van der Waals surface area contributed by atoms with Crippen molar-refractivity contribution in [2.75, 3.05) is 13.6 Å². The zero-order valence-electron chi connectivity index (χ0n) is 13.1. The highest BCUT2D eigenvalue weighted by molar-refractivity contribution is 7.89. The Balaban J connectivity index is 3.11. The molecule has 0 aromatic carbocycles. The van der Waals surface area contributed by atoms with Gasteiger partial charge < -0.3 is 5.32 Å². The highest BCUT2D eigenvalue weighted by Crippen LogP contribution is 2.30. The number of rotatable bonds is 8. The second kappa shape index (κ2) is 7.54. The van der Waals surface area contributed by atoms with Gasteiger partial charge in [-0.2, -0.15) is 4.31 Å². The first-order valence-corrected chi connectivity index (χ1v) is 9.43. The fraction of sp³-hybridized carbons (Fsp3) is 0.714. The number of hydrogen-bond acceptors (Lipinski definition) is 4. The van der Waals surface area contributed by atoms with Crippen molar-refractivity contribution in [3.05, 3.63) is 15.8 Å². The average molecular weight is 319 g/mol. The minimum absolute atomic E-state index is 0.0243. The monoisotopic (exact) mass is 318 g/mol. The second-order valence-electron chi connectivity index (χ2n) is 5.11. The summed E-state index contributed by atoms with van der Waals surface area (Å²) in [6.45, 7) is 9.37. The molecule has 1 aromatic heterocycles. The van der Waals surface area contributed by atoms with Crippen LogP contribution in [0.5, 0.6) is 0 Å². The summed E-state index contributed by atoms with van der Waals surface area (Å²) in [5, 5.41) is 5.14. The van der Waals surface area contributed by atoms with Gasteiger partial charge in [0.25, 0.3) is 0 Å². The SMILES string of the molecule is CCCC(C)N(C)S(=O)(=O)c1c(C)csc1CNCC. The summed E-state index contributed by atoms with van der Waals surface area (Å²) >= 11 is 1.52. The van der Waals surface area contributed by atoms with E-state index in [0.29, 0.717) is 11.4 Å². The van der Waals surface area contributed by atoms with Crippen molar-refractivity contribution in [1.29, 1.82) is 0 Å². The van der Waals surface area contributed by atoms with E-state index in [0.717, 1.165) is 29.8 Å². The van der Waals surface area contributed by atoms with Crippen LogP contribution in [0.1, 0.15) is 44.1 Å². The molecule has 1 heterocycles. The number of thiophene rings is 1. The normalized spacial score (nSPS) is 13.9. The van der Waals surface area contributed by atoms with Crippen LogP contribution in [0.15, 0.2) is 10.3 Å². The van der Waals surface area contributed by atoms with Crippen LogP contribution in [0.4, 0.5) is 0 Å². The predicted octanol–water partition coefficient (Wildman–Crippen LogP) is 2.98. The molecule has 0 saturated carbocycles. The molecular formula is C14H26N2O2S2. The molecule has 0 aliphatic heterocycles. The van der Waals surface area contributed by atoms with Gasteiger partial charge >= 0.3 is 0 Å². The lowest BCUT2D eigenvalue weighted by atomic mass is 10.2. The van der Waals surface area contributed by atoms with Crippen molar-refractivity contribution in [3.63, 3.8) is 0 Å². The molecule has 0 aliphatic rings. The minimum Gasteiger partial charge on any atom is -0.312 e. The van der Waals surface area contributed by atoms with Crippen LogP contribution < -0.4 is 5.32 Å². The maximum Gasteiger partial charge on any atom is 0.244 e. The Bertz CT molecular complexity index is 523. The first-order chi connectivity index (χ1) is 9.36. The third kappa shape index (κ3) is 3.81. The fourth-order valence-corrected chi connectivity index (χ4v) is 5.29. The molecule has 0 amide bonds. The molecule has 1 unspecified atom stereocenters. The summed E-state index contributed by atoms with van der Waals surface area (Å²) in [5.74, 6) is 0. The topological polar surface area (TPSA) is 49.4 Å². The number of hydrogen-bond donors (Lipinski definition) is 1. The van der Waals surface area contributed by atoms with Crippen molar-refractivity contribution in [3.8, 4) is 0 Å². The molecule has 1 rings (SSSR count). The second-order valence-corrected chi connectivity index (χ2v) is 8.01. The van der Waals surface area contributed by atoms with Gasteiger partial charge in [-0.05, 0) is 37.8 Å². The van der Waals surface area contributed by atoms with Crippen LogP contribution in [0.3, 0.4) is 0 Å². The molecule has 0 bridgehead atoms. The Morgan fingerprint density at radius 3 is 2.60 bits per heavy atom. The van der Waals surface area contributed by atoms with Crippen LogP contribution in [0, 0.1) is 6.92 Å². The molecule has 116 valence electrons. The zero-order valence-corrected chi connectivity index (χ0v) is 14.7. The van der Waals surface area contributed by atoms with Crippen LogP contribution in [0.25, 0.3) is 0 Å². The molecule has 0 radical (unpaired) electrons. The highest BCUT2D eigenvalue weighted by Gasteiger charge is 2.29. The first-order valence-electron chi connectivity index (χ1n) is 7.11. The zero-order chi connectivity index (χ0) is 15.3. The van der Waals surface area contributed by atoms with Crippen molar-refractivity contribution >= 4 is 21.4 Å². The van der Waals surface area contributed by atoms with Gasteiger partial charge in [0.2, 0.25) is 10.0 Å². The molecule has 6 heteroatoms. The van der Waals surface area contributed by atoms with E-state index in [-0.39, 0.29) is 6.04 Å². The molecule has 1 N–H and O–H groups in total. The minimum atomic E-state index is -3.41. The average Bonchev–Trinajstić information content (AvgIpc) is 2.77. The van der Waals surface area contributed by atoms with E-state index in [2.05, 4.69) is 12.2 Å². The molecule has 0 saturated heterocycles. The molecule has 0 fully saturated rings. The predicted molar refractivity (Wildman–Crippen MR) is 85.8 cm³/mol. The number of aryl methyl sites for hydroxylation is 1. The summed E-state index contributed by atoms with van der Waals surface area (Å²) in [4.78, 5) is 1.40. The maximum atomic E-state index is 12.8. The van der Waals surface area contributed by atoms with Crippen LogP contribution in [-0.2, 0) is 16.6 Å². The van der Waals surface area contributed by atoms with E-state index >= 15 is 0 Å². The molecule has 0 spiro atoms. The standard InChI is InChI=1S/C14H26N2O2S2/c1-6-8-12(4)16(5)20(17,18)14-11(3)10-19-13(14)9-15-7-2/h10,12,15H,6-9H2,1-5H3. The summed E-state index contributed by atoms with van der Waals surface area (Å²) in [7, 11) is -1.72. The van der Waals surface area contributed by atoms with E-state index in [1.165, 1.54) is 15.6 Å². The molecule has 20 heavy (non-hydrogen) atoms. The lowest BCUT2D eigenvalue weighted by Gasteiger charge is -2.24. The third-order valence-electron chi connectivity index (χ3n) is 3.49. The lowest BCUT2D eigenvalue weighted by Crippen LogP contribution is -2.35. The smallest absolute Gasteiger partial charge is 0.244 e. The van der Waals surface area contributed by atoms with Gasteiger partial charge in [0.05, 0.1) is 0 Å². The summed E-state index contributed by atoms with van der Waals surface area (Å²) in [6.07, 6.45) is 1.86.